The van der Waals surface area contributed by atoms with E-state index >= 15 is 0 Å². The third-order valence-electron chi connectivity index (χ3n) is 2.88. The summed E-state index contributed by atoms with van der Waals surface area (Å²) in [6, 6.07) is 0.682. The van der Waals surface area contributed by atoms with Crippen molar-refractivity contribution in [2.24, 2.45) is 0 Å². The van der Waals surface area contributed by atoms with Crippen molar-refractivity contribution < 1.29 is 4.79 Å². The van der Waals surface area contributed by atoms with Crippen LogP contribution in [0.5, 0.6) is 0 Å². The van der Waals surface area contributed by atoms with E-state index in [4.69, 9.17) is 0 Å². The first-order valence-electron chi connectivity index (χ1n) is 5.88. The molecule has 0 bridgehead atoms. The first kappa shape index (κ1) is 12.3. The zero-order valence-electron chi connectivity index (χ0n) is 10.1. The highest BCUT2D eigenvalue weighted by Gasteiger charge is 2.24. The van der Waals surface area contributed by atoms with Gasteiger partial charge >= 0.3 is 6.03 Å². The van der Waals surface area contributed by atoms with Crippen molar-refractivity contribution in [3.63, 3.8) is 0 Å². The summed E-state index contributed by atoms with van der Waals surface area (Å²) in [7, 11) is 1.86. The van der Waals surface area contributed by atoms with Gasteiger partial charge in [0, 0.05) is 32.7 Å². The molecule has 4 nitrogen and oxygen atoms in total. The van der Waals surface area contributed by atoms with Gasteiger partial charge in [-0.05, 0) is 26.3 Å². The molecule has 0 aliphatic carbocycles. The summed E-state index contributed by atoms with van der Waals surface area (Å²) >= 11 is 0. The van der Waals surface area contributed by atoms with E-state index in [1.807, 2.05) is 11.9 Å². The minimum absolute atomic E-state index is 0.178. The lowest BCUT2D eigenvalue weighted by molar-refractivity contribution is 0.197. The molecule has 1 saturated heterocycles. The molecular formula is C11H23N3O. The van der Waals surface area contributed by atoms with E-state index in [2.05, 4.69) is 19.2 Å². The van der Waals surface area contributed by atoms with E-state index in [9.17, 15) is 4.79 Å². The lowest BCUT2D eigenvalue weighted by Crippen LogP contribution is -2.35. The maximum absolute atomic E-state index is 11.6. The Hall–Kier alpha value is -0.770. The Morgan fingerprint density at radius 2 is 2.20 bits per heavy atom. The normalized spacial score (nSPS) is 18.7. The van der Waals surface area contributed by atoms with Crippen molar-refractivity contribution in [3.8, 4) is 0 Å². The van der Waals surface area contributed by atoms with Gasteiger partial charge in [0.05, 0.1) is 0 Å². The minimum Gasteiger partial charge on any atom is -0.326 e. The summed E-state index contributed by atoms with van der Waals surface area (Å²) in [5.41, 5.74) is 0. The molecule has 1 unspecified atom stereocenters. The highest BCUT2D eigenvalue weighted by Crippen LogP contribution is 2.07. The average Bonchev–Trinajstić information content (AvgIpc) is 2.54. The monoisotopic (exact) mass is 213 g/mol. The van der Waals surface area contributed by atoms with E-state index in [1.54, 1.807) is 4.90 Å². The van der Waals surface area contributed by atoms with Gasteiger partial charge in [0.15, 0.2) is 0 Å². The van der Waals surface area contributed by atoms with Crippen molar-refractivity contribution >= 4 is 6.03 Å². The molecule has 1 atom stereocenters. The van der Waals surface area contributed by atoms with Gasteiger partial charge in [-0.2, -0.15) is 0 Å². The number of nitrogens with one attached hydrogen (secondary N) is 1. The third-order valence-corrected chi connectivity index (χ3v) is 2.88. The Labute approximate surface area is 92.6 Å². The SMILES string of the molecule is CCCNC(C)CCN1CCN(C)C1=O. The van der Waals surface area contributed by atoms with Crippen molar-refractivity contribution in [2.45, 2.75) is 32.7 Å². The van der Waals surface area contributed by atoms with Crippen LogP contribution in [0.3, 0.4) is 0 Å². The minimum atomic E-state index is 0.178. The number of amides is 2. The number of likely N-dealkylation sites (N-methyl/N-ethyl adjacent to an activating group) is 1. The lowest BCUT2D eigenvalue weighted by Gasteiger charge is -2.19. The molecule has 1 N–H and O–H groups in total. The molecular weight excluding hydrogens is 190 g/mol. The number of rotatable bonds is 6. The van der Waals surface area contributed by atoms with E-state index in [-0.39, 0.29) is 6.03 Å². The fourth-order valence-corrected chi connectivity index (χ4v) is 1.75. The molecule has 1 aliphatic rings. The Bertz CT molecular complexity index is 208. The van der Waals surface area contributed by atoms with Crippen LogP contribution in [0, 0.1) is 0 Å². The molecule has 2 amide bonds. The van der Waals surface area contributed by atoms with Crippen LogP contribution in [0.15, 0.2) is 0 Å². The molecule has 0 aromatic rings. The van der Waals surface area contributed by atoms with Gasteiger partial charge in [-0.15, -0.1) is 0 Å². The molecule has 4 heteroatoms. The van der Waals surface area contributed by atoms with Gasteiger partial charge < -0.3 is 15.1 Å². The van der Waals surface area contributed by atoms with Crippen LogP contribution in [0.4, 0.5) is 4.79 Å². The van der Waals surface area contributed by atoms with Gasteiger partial charge in [0.1, 0.15) is 0 Å². The molecule has 0 saturated carbocycles. The predicted octanol–water partition coefficient (Wildman–Crippen LogP) is 1.13. The highest BCUT2D eigenvalue weighted by atomic mass is 16.2. The first-order valence-corrected chi connectivity index (χ1v) is 5.88. The van der Waals surface area contributed by atoms with Crippen LogP contribution in [-0.2, 0) is 0 Å². The Balaban J connectivity index is 2.17. The highest BCUT2D eigenvalue weighted by molar-refractivity contribution is 5.76. The van der Waals surface area contributed by atoms with Crippen molar-refractivity contribution in [3.05, 3.63) is 0 Å². The van der Waals surface area contributed by atoms with Gasteiger partial charge in [-0.25, -0.2) is 4.79 Å². The first-order chi connectivity index (χ1) is 7.15. The van der Waals surface area contributed by atoms with Crippen LogP contribution in [0.2, 0.25) is 0 Å². The van der Waals surface area contributed by atoms with Gasteiger partial charge in [0.2, 0.25) is 0 Å². The number of carbonyl (C=O) groups is 1. The predicted molar refractivity (Wildman–Crippen MR) is 62.0 cm³/mol. The Kier molecular flexibility index (Phi) is 4.88. The van der Waals surface area contributed by atoms with Gasteiger partial charge in [-0.1, -0.05) is 6.92 Å². The number of nitrogens with zero attached hydrogens (tertiary/aromatic N) is 2. The standard InChI is InChI=1S/C11H23N3O/c1-4-6-12-10(2)5-7-14-9-8-13(3)11(14)15/h10,12H,4-9H2,1-3H3. The second kappa shape index (κ2) is 5.95. The second-order valence-corrected chi connectivity index (χ2v) is 4.34. The van der Waals surface area contributed by atoms with Crippen LogP contribution in [0.25, 0.3) is 0 Å². The molecule has 1 aliphatic heterocycles. The zero-order chi connectivity index (χ0) is 11.3. The molecule has 15 heavy (non-hydrogen) atoms. The van der Waals surface area contributed by atoms with Crippen LogP contribution < -0.4 is 5.32 Å². The van der Waals surface area contributed by atoms with E-state index in [1.165, 1.54) is 0 Å². The molecule has 0 aromatic carbocycles. The number of carbonyl (C=O) groups excluding carboxylic acids is 1. The molecule has 1 fully saturated rings. The Morgan fingerprint density at radius 1 is 1.47 bits per heavy atom. The van der Waals surface area contributed by atoms with Crippen molar-refractivity contribution in [1.29, 1.82) is 0 Å². The van der Waals surface area contributed by atoms with E-state index < -0.39 is 0 Å². The largest absolute Gasteiger partial charge is 0.326 e. The fourth-order valence-electron chi connectivity index (χ4n) is 1.75. The number of urea groups is 1. The Morgan fingerprint density at radius 3 is 2.73 bits per heavy atom. The van der Waals surface area contributed by atoms with Crippen LogP contribution in [0.1, 0.15) is 26.7 Å². The summed E-state index contributed by atoms with van der Waals surface area (Å²) in [6.07, 6.45) is 2.20. The summed E-state index contributed by atoms with van der Waals surface area (Å²) < 4.78 is 0. The smallest absolute Gasteiger partial charge is 0.319 e. The number of hydrogen-bond acceptors (Lipinski definition) is 2. The second-order valence-electron chi connectivity index (χ2n) is 4.34. The third kappa shape index (κ3) is 3.70. The van der Waals surface area contributed by atoms with Crippen molar-refractivity contribution in [2.75, 3.05) is 33.2 Å². The summed E-state index contributed by atoms with van der Waals surface area (Å²) in [6.45, 7) is 8.04. The topological polar surface area (TPSA) is 35.6 Å². The number of hydrogen-bond donors (Lipinski definition) is 1. The van der Waals surface area contributed by atoms with E-state index in [0.717, 1.165) is 39.0 Å². The van der Waals surface area contributed by atoms with Crippen LogP contribution >= 0.6 is 0 Å². The maximum Gasteiger partial charge on any atom is 0.319 e. The van der Waals surface area contributed by atoms with E-state index in [0.29, 0.717) is 6.04 Å². The van der Waals surface area contributed by atoms with Gasteiger partial charge in [-0.3, -0.25) is 0 Å². The zero-order valence-corrected chi connectivity index (χ0v) is 10.1. The van der Waals surface area contributed by atoms with Crippen LogP contribution in [-0.4, -0.2) is 55.1 Å². The molecule has 0 radical (unpaired) electrons. The maximum atomic E-state index is 11.6. The van der Waals surface area contributed by atoms with Crippen molar-refractivity contribution in [1.82, 2.24) is 15.1 Å². The van der Waals surface area contributed by atoms with Gasteiger partial charge in [0.25, 0.3) is 0 Å². The molecule has 0 aromatic heterocycles. The fraction of sp³-hybridized carbons (Fsp3) is 0.909. The average molecular weight is 213 g/mol. The summed E-state index contributed by atoms with van der Waals surface area (Å²) in [4.78, 5) is 15.3. The quantitative estimate of drug-likeness (QED) is 0.718. The molecule has 0 spiro atoms. The summed E-state index contributed by atoms with van der Waals surface area (Å²) in [5.74, 6) is 0. The molecule has 1 heterocycles. The summed E-state index contributed by atoms with van der Waals surface area (Å²) in [5, 5.41) is 3.43. The molecule has 1 rings (SSSR count). The lowest BCUT2D eigenvalue weighted by atomic mass is 10.2. The molecule has 88 valence electrons.